The maximum absolute atomic E-state index is 12.6. The van der Waals surface area contributed by atoms with Gasteiger partial charge in [-0.25, -0.2) is 4.57 Å². The van der Waals surface area contributed by atoms with Crippen LogP contribution in [0, 0.1) is 0 Å². The fourth-order valence-corrected chi connectivity index (χ4v) is 6.86. The molecule has 0 fully saturated rings. The highest BCUT2D eigenvalue weighted by molar-refractivity contribution is 7.47. The summed E-state index contributed by atoms with van der Waals surface area (Å²) in [4.78, 5) is 22.6. The van der Waals surface area contributed by atoms with E-state index >= 15 is 0 Å². The zero-order valence-corrected chi connectivity index (χ0v) is 38.3. The van der Waals surface area contributed by atoms with E-state index in [1.165, 1.54) is 70.6 Å². The van der Waals surface area contributed by atoms with E-state index < -0.39 is 39.2 Å². The van der Waals surface area contributed by atoms with Crippen LogP contribution >= 0.6 is 7.82 Å². The topological polar surface area (TPSA) is 132 Å². The fraction of sp³-hybridized carbons (Fsp3) is 0.735. The predicted octanol–water partition coefficient (Wildman–Crippen LogP) is 13.3. The third kappa shape index (κ3) is 45.3. The van der Waals surface area contributed by atoms with E-state index in [1.807, 2.05) is 0 Å². The standard InChI is InChI=1S/C49H87O9P/c1-3-5-7-9-11-13-15-17-19-20-21-22-23-24-25-26-27-28-30-32-34-36-38-40-42-55-45-48(46-57-59(53,54)56-44-47(51)43-50)58-49(52)41-39-37-35-33-31-29-18-16-14-12-10-8-6-4-2/h5,7,10-13,16-19,21-22,47-48,50-51H,3-4,6,8-9,14-15,20,23-46H2,1-2H3,(H,53,54)/b7-5-,12-10-,13-11-,18-16-,19-17-,22-21-. The van der Waals surface area contributed by atoms with Gasteiger partial charge in [-0.2, -0.15) is 0 Å². The molecule has 0 bridgehead atoms. The van der Waals surface area contributed by atoms with Crippen LogP contribution in [0.3, 0.4) is 0 Å². The zero-order chi connectivity index (χ0) is 43.2. The lowest BCUT2D eigenvalue weighted by molar-refractivity contribution is -0.154. The van der Waals surface area contributed by atoms with Gasteiger partial charge >= 0.3 is 13.8 Å². The second-order valence-corrected chi connectivity index (χ2v) is 16.8. The average molecular weight is 851 g/mol. The van der Waals surface area contributed by atoms with Crippen molar-refractivity contribution in [2.24, 2.45) is 0 Å². The van der Waals surface area contributed by atoms with E-state index in [-0.39, 0.29) is 19.6 Å². The first-order chi connectivity index (χ1) is 28.8. The fourth-order valence-electron chi connectivity index (χ4n) is 6.07. The van der Waals surface area contributed by atoms with Crippen LogP contribution in [-0.4, -0.2) is 66.3 Å². The zero-order valence-electron chi connectivity index (χ0n) is 37.4. The summed E-state index contributed by atoms with van der Waals surface area (Å²) in [7, 11) is -4.53. The molecule has 3 unspecified atom stereocenters. The molecule has 0 aromatic heterocycles. The second kappa shape index (κ2) is 45.4. The van der Waals surface area contributed by atoms with Gasteiger partial charge in [-0.3, -0.25) is 13.8 Å². The van der Waals surface area contributed by atoms with Gasteiger partial charge in [-0.05, 0) is 77.0 Å². The molecule has 0 aromatic rings. The van der Waals surface area contributed by atoms with Crippen LogP contribution in [0.2, 0.25) is 0 Å². The first-order valence-corrected chi connectivity index (χ1v) is 24.9. The van der Waals surface area contributed by atoms with Crippen molar-refractivity contribution in [3.8, 4) is 0 Å². The third-order valence-electron chi connectivity index (χ3n) is 9.63. The van der Waals surface area contributed by atoms with E-state index in [1.54, 1.807) is 0 Å². The lowest BCUT2D eigenvalue weighted by Crippen LogP contribution is -2.29. The van der Waals surface area contributed by atoms with E-state index in [4.69, 9.17) is 23.6 Å². The average Bonchev–Trinajstić information content (AvgIpc) is 3.23. The molecule has 0 aromatic carbocycles. The highest BCUT2D eigenvalue weighted by Crippen LogP contribution is 2.43. The minimum atomic E-state index is -4.53. The number of unbranched alkanes of at least 4 members (excludes halogenated alkanes) is 18. The van der Waals surface area contributed by atoms with Crippen molar-refractivity contribution in [1.82, 2.24) is 0 Å². The Morgan fingerprint density at radius 2 is 0.966 bits per heavy atom. The molecule has 0 aliphatic heterocycles. The number of carbonyl (C=O) groups excluding carboxylic acids is 1. The Labute approximate surface area is 361 Å². The number of carbonyl (C=O) groups is 1. The molecule has 0 saturated heterocycles. The number of aliphatic hydroxyl groups is 2. The number of aliphatic hydroxyl groups excluding tert-OH is 2. The van der Waals surface area contributed by atoms with Crippen LogP contribution in [0.4, 0.5) is 0 Å². The van der Waals surface area contributed by atoms with Gasteiger partial charge in [0, 0.05) is 13.0 Å². The molecule has 0 spiro atoms. The van der Waals surface area contributed by atoms with Gasteiger partial charge < -0.3 is 24.6 Å². The number of esters is 1. The van der Waals surface area contributed by atoms with Crippen LogP contribution in [0.15, 0.2) is 72.9 Å². The molecule has 0 aliphatic carbocycles. The largest absolute Gasteiger partial charge is 0.472 e. The maximum Gasteiger partial charge on any atom is 0.472 e. The molecule has 59 heavy (non-hydrogen) atoms. The lowest BCUT2D eigenvalue weighted by Gasteiger charge is -2.20. The van der Waals surface area contributed by atoms with E-state index in [0.717, 1.165) is 89.9 Å². The van der Waals surface area contributed by atoms with Crippen LogP contribution in [-0.2, 0) is 27.9 Å². The van der Waals surface area contributed by atoms with Crippen LogP contribution in [0.25, 0.3) is 0 Å². The van der Waals surface area contributed by atoms with E-state index in [0.29, 0.717) is 13.0 Å². The predicted molar refractivity (Wildman–Crippen MR) is 246 cm³/mol. The van der Waals surface area contributed by atoms with Crippen molar-refractivity contribution in [3.63, 3.8) is 0 Å². The number of phosphoric acid groups is 1. The summed E-state index contributed by atoms with van der Waals surface area (Å²) in [5.41, 5.74) is 0. The molecule has 9 nitrogen and oxygen atoms in total. The Morgan fingerprint density at radius 3 is 1.46 bits per heavy atom. The van der Waals surface area contributed by atoms with Gasteiger partial charge in [-0.1, -0.05) is 177 Å². The van der Waals surface area contributed by atoms with Crippen molar-refractivity contribution in [2.45, 2.75) is 199 Å². The Morgan fingerprint density at radius 1 is 0.542 bits per heavy atom. The molecular formula is C49H87O9P. The molecule has 3 atom stereocenters. The molecule has 3 N–H and O–H groups in total. The van der Waals surface area contributed by atoms with Crippen LogP contribution in [0.5, 0.6) is 0 Å². The van der Waals surface area contributed by atoms with E-state index in [2.05, 4.69) is 86.8 Å². The summed E-state index contributed by atoms with van der Waals surface area (Å²) >= 11 is 0. The van der Waals surface area contributed by atoms with Crippen LogP contribution < -0.4 is 0 Å². The minimum absolute atomic E-state index is 0.0382. The van der Waals surface area contributed by atoms with Crippen molar-refractivity contribution >= 4 is 13.8 Å². The number of hydrogen-bond acceptors (Lipinski definition) is 8. The summed E-state index contributed by atoms with van der Waals surface area (Å²) < 4.78 is 33.4. The second-order valence-electron chi connectivity index (χ2n) is 15.4. The molecule has 0 aliphatic rings. The smallest absolute Gasteiger partial charge is 0.457 e. The van der Waals surface area contributed by atoms with Crippen molar-refractivity contribution in [1.29, 1.82) is 0 Å². The van der Waals surface area contributed by atoms with Gasteiger partial charge in [0.05, 0.1) is 26.4 Å². The van der Waals surface area contributed by atoms with Crippen LogP contribution in [0.1, 0.15) is 187 Å². The molecule has 0 saturated carbocycles. The van der Waals surface area contributed by atoms with Gasteiger partial charge in [0.2, 0.25) is 0 Å². The maximum atomic E-state index is 12.6. The molecule has 0 amide bonds. The molecule has 342 valence electrons. The summed E-state index contributed by atoms with van der Waals surface area (Å²) in [6.07, 6.45) is 54.3. The normalized spacial score (nSPS) is 14.6. The number of allylic oxidation sites excluding steroid dienone is 12. The number of phosphoric ester groups is 1. The highest BCUT2D eigenvalue weighted by Gasteiger charge is 2.26. The Balaban J connectivity index is 4.10. The molecular weight excluding hydrogens is 764 g/mol. The summed E-state index contributed by atoms with van der Waals surface area (Å²) in [5.74, 6) is -0.400. The van der Waals surface area contributed by atoms with Crippen molar-refractivity contribution in [2.75, 3.05) is 33.0 Å². The summed E-state index contributed by atoms with van der Waals surface area (Å²) in [5, 5.41) is 18.4. The number of rotatable bonds is 44. The summed E-state index contributed by atoms with van der Waals surface area (Å²) in [6.45, 7) is 3.33. The monoisotopic (exact) mass is 851 g/mol. The molecule has 0 rings (SSSR count). The lowest BCUT2D eigenvalue weighted by atomic mass is 10.1. The van der Waals surface area contributed by atoms with Gasteiger partial charge in [-0.15, -0.1) is 0 Å². The van der Waals surface area contributed by atoms with Gasteiger partial charge in [0.15, 0.2) is 0 Å². The molecule has 0 radical (unpaired) electrons. The Hall–Kier alpha value is -2.10. The van der Waals surface area contributed by atoms with Crippen molar-refractivity contribution < 1.29 is 43.0 Å². The highest BCUT2D eigenvalue weighted by atomic mass is 31.2. The summed E-state index contributed by atoms with van der Waals surface area (Å²) in [6, 6.07) is 0. The SMILES string of the molecule is CC/C=C\C/C=C\C/C=C\C/C=C\CCCCCCCCCCCCCOCC(COP(=O)(O)OCC(O)CO)OC(=O)CCCCCCC/C=C\C/C=C\CCCC. The number of ether oxygens (including phenoxy) is 2. The quantitative estimate of drug-likeness (QED) is 0.0237. The number of hydrogen-bond donors (Lipinski definition) is 3. The van der Waals surface area contributed by atoms with Gasteiger partial charge in [0.25, 0.3) is 0 Å². The molecule has 10 heteroatoms. The Bertz CT molecular complexity index is 1150. The first kappa shape index (κ1) is 56.9. The van der Waals surface area contributed by atoms with Gasteiger partial charge in [0.1, 0.15) is 12.2 Å². The first-order valence-electron chi connectivity index (χ1n) is 23.4. The van der Waals surface area contributed by atoms with Crippen molar-refractivity contribution in [3.05, 3.63) is 72.9 Å². The third-order valence-corrected chi connectivity index (χ3v) is 10.6. The molecule has 0 heterocycles. The Kier molecular flexibility index (Phi) is 43.8. The minimum Gasteiger partial charge on any atom is -0.457 e. The van der Waals surface area contributed by atoms with E-state index in [9.17, 15) is 19.4 Å².